The van der Waals surface area contributed by atoms with Crippen molar-refractivity contribution in [3.63, 3.8) is 0 Å². The van der Waals surface area contributed by atoms with E-state index in [1.54, 1.807) is 6.20 Å². The van der Waals surface area contributed by atoms with Crippen LogP contribution < -0.4 is 14.8 Å². The summed E-state index contributed by atoms with van der Waals surface area (Å²) in [6.45, 7) is 8.37. The SMILES string of the molecule is CCC(C)NC(=O)/C(C#N)=C\N1CCN(Cc2ccc3c(c2)OCO3)CC1. The maximum Gasteiger partial charge on any atom is 0.263 e. The van der Waals surface area contributed by atoms with E-state index in [4.69, 9.17) is 9.47 Å². The molecule has 144 valence electrons. The Morgan fingerprint density at radius 2 is 2.04 bits per heavy atom. The molecule has 0 aliphatic carbocycles. The van der Waals surface area contributed by atoms with Crippen molar-refractivity contribution in [3.8, 4) is 17.6 Å². The molecule has 1 N–H and O–H groups in total. The molecule has 7 nitrogen and oxygen atoms in total. The number of hydrogen-bond acceptors (Lipinski definition) is 6. The van der Waals surface area contributed by atoms with E-state index in [9.17, 15) is 10.1 Å². The van der Waals surface area contributed by atoms with Gasteiger partial charge in [0.25, 0.3) is 5.91 Å². The summed E-state index contributed by atoms with van der Waals surface area (Å²) in [6.07, 6.45) is 2.53. The number of hydrogen-bond donors (Lipinski definition) is 1. The monoisotopic (exact) mass is 370 g/mol. The highest BCUT2D eigenvalue weighted by atomic mass is 16.7. The van der Waals surface area contributed by atoms with E-state index in [1.807, 2.05) is 36.9 Å². The molecule has 0 saturated carbocycles. The summed E-state index contributed by atoms with van der Waals surface area (Å²) in [5.74, 6) is 1.31. The van der Waals surface area contributed by atoms with Crippen molar-refractivity contribution in [1.82, 2.24) is 15.1 Å². The lowest BCUT2D eigenvalue weighted by Crippen LogP contribution is -2.44. The van der Waals surface area contributed by atoms with Crippen LogP contribution in [0.5, 0.6) is 11.5 Å². The van der Waals surface area contributed by atoms with Gasteiger partial charge in [0, 0.05) is 45.0 Å². The number of nitrogens with zero attached hydrogens (tertiary/aromatic N) is 3. The zero-order valence-corrected chi connectivity index (χ0v) is 15.9. The van der Waals surface area contributed by atoms with Gasteiger partial charge in [-0.3, -0.25) is 9.69 Å². The Labute approximate surface area is 160 Å². The summed E-state index contributed by atoms with van der Waals surface area (Å²) in [5, 5.41) is 12.1. The average Bonchev–Trinajstić information content (AvgIpc) is 3.15. The van der Waals surface area contributed by atoms with Gasteiger partial charge in [-0.15, -0.1) is 0 Å². The van der Waals surface area contributed by atoms with Crippen molar-refractivity contribution >= 4 is 5.91 Å². The van der Waals surface area contributed by atoms with Crippen LogP contribution in [0.15, 0.2) is 30.0 Å². The lowest BCUT2D eigenvalue weighted by atomic mass is 10.1. The van der Waals surface area contributed by atoms with E-state index >= 15 is 0 Å². The molecule has 1 unspecified atom stereocenters. The lowest BCUT2D eigenvalue weighted by molar-refractivity contribution is -0.117. The molecular formula is C20H26N4O3. The van der Waals surface area contributed by atoms with E-state index < -0.39 is 0 Å². The van der Waals surface area contributed by atoms with E-state index in [2.05, 4.69) is 16.3 Å². The number of ether oxygens (including phenoxy) is 2. The zero-order valence-electron chi connectivity index (χ0n) is 15.9. The Kier molecular flexibility index (Phi) is 6.20. The number of benzene rings is 1. The minimum absolute atomic E-state index is 0.0628. The number of nitrogens with one attached hydrogen (secondary N) is 1. The lowest BCUT2D eigenvalue weighted by Gasteiger charge is -2.34. The normalized spacial score (nSPS) is 18.1. The topological polar surface area (TPSA) is 77.8 Å². The maximum absolute atomic E-state index is 12.2. The number of rotatable bonds is 6. The summed E-state index contributed by atoms with van der Waals surface area (Å²) in [5.41, 5.74) is 1.36. The van der Waals surface area contributed by atoms with E-state index in [1.165, 1.54) is 5.56 Å². The molecule has 3 rings (SSSR count). The summed E-state index contributed by atoms with van der Waals surface area (Å²) >= 11 is 0. The van der Waals surface area contributed by atoms with Crippen LogP contribution in [0.3, 0.4) is 0 Å². The smallest absolute Gasteiger partial charge is 0.263 e. The molecule has 0 radical (unpaired) electrons. The molecule has 27 heavy (non-hydrogen) atoms. The van der Waals surface area contributed by atoms with E-state index in [0.29, 0.717) is 0 Å². The molecule has 0 spiro atoms. The Morgan fingerprint density at radius 1 is 1.30 bits per heavy atom. The third kappa shape index (κ3) is 4.92. The minimum Gasteiger partial charge on any atom is -0.454 e. The van der Waals surface area contributed by atoms with Gasteiger partial charge < -0.3 is 19.7 Å². The first kappa shape index (κ1) is 19.1. The summed E-state index contributed by atoms with van der Waals surface area (Å²) < 4.78 is 10.8. The molecule has 1 atom stereocenters. The van der Waals surface area contributed by atoms with Crippen LogP contribution in [-0.4, -0.2) is 54.7 Å². The highest BCUT2D eigenvalue weighted by molar-refractivity contribution is 5.97. The molecule has 2 aliphatic heterocycles. The van der Waals surface area contributed by atoms with E-state index in [0.717, 1.165) is 50.6 Å². The highest BCUT2D eigenvalue weighted by Gasteiger charge is 2.19. The van der Waals surface area contributed by atoms with Gasteiger partial charge in [0.05, 0.1) is 0 Å². The number of carbonyl (C=O) groups excluding carboxylic acids is 1. The van der Waals surface area contributed by atoms with Crippen LogP contribution in [0, 0.1) is 11.3 Å². The number of nitriles is 1. The molecule has 0 aromatic heterocycles. The Hall–Kier alpha value is -2.72. The van der Waals surface area contributed by atoms with Crippen molar-refractivity contribution in [2.45, 2.75) is 32.9 Å². The third-order valence-electron chi connectivity index (χ3n) is 4.92. The van der Waals surface area contributed by atoms with Crippen LogP contribution in [0.2, 0.25) is 0 Å². The predicted molar refractivity (Wildman–Crippen MR) is 101 cm³/mol. The second-order valence-corrected chi connectivity index (χ2v) is 6.94. The molecule has 1 saturated heterocycles. The fourth-order valence-electron chi connectivity index (χ4n) is 3.07. The second kappa shape index (κ2) is 8.78. The Morgan fingerprint density at radius 3 is 2.74 bits per heavy atom. The van der Waals surface area contributed by atoms with E-state index in [-0.39, 0.29) is 24.3 Å². The average molecular weight is 370 g/mol. The van der Waals surface area contributed by atoms with Gasteiger partial charge in [-0.1, -0.05) is 13.0 Å². The van der Waals surface area contributed by atoms with Crippen LogP contribution >= 0.6 is 0 Å². The zero-order chi connectivity index (χ0) is 19.2. The van der Waals surface area contributed by atoms with Crippen LogP contribution in [0.4, 0.5) is 0 Å². The standard InChI is InChI=1S/C20H26N4O3/c1-3-15(2)22-20(25)17(11-21)13-24-8-6-23(7-9-24)12-16-4-5-18-19(10-16)27-14-26-18/h4-5,10,13,15H,3,6-9,12,14H2,1-2H3,(H,22,25)/b17-13-. The first-order chi connectivity index (χ1) is 13.1. The van der Waals surface area contributed by atoms with Crippen molar-refractivity contribution in [3.05, 3.63) is 35.5 Å². The highest BCUT2D eigenvalue weighted by Crippen LogP contribution is 2.32. The number of carbonyl (C=O) groups is 1. The van der Waals surface area contributed by atoms with Crippen LogP contribution in [-0.2, 0) is 11.3 Å². The molecule has 2 heterocycles. The van der Waals surface area contributed by atoms with Crippen molar-refractivity contribution in [1.29, 1.82) is 5.26 Å². The quantitative estimate of drug-likeness (QED) is 0.608. The molecule has 1 aromatic carbocycles. The number of amides is 1. The summed E-state index contributed by atoms with van der Waals surface area (Å²) in [4.78, 5) is 16.6. The van der Waals surface area contributed by atoms with Crippen molar-refractivity contribution in [2.24, 2.45) is 0 Å². The first-order valence-corrected chi connectivity index (χ1v) is 9.36. The molecule has 0 bridgehead atoms. The minimum atomic E-state index is -0.297. The van der Waals surface area contributed by atoms with Crippen LogP contribution in [0.1, 0.15) is 25.8 Å². The van der Waals surface area contributed by atoms with Gasteiger partial charge in [-0.05, 0) is 31.0 Å². The van der Waals surface area contributed by atoms with Gasteiger partial charge in [0.2, 0.25) is 6.79 Å². The van der Waals surface area contributed by atoms with Gasteiger partial charge in [-0.2, -0.15) is 5.26 Å². The van der Waals surface area contributed by atoms with Gasteiger partial charge in [0.1, 0.15) is 11.6 Å². The molecule has 7 heteroatoms. The molecule has 2 aliphatic rings. The van der Waals surface area contributed by atoms with Crippen molar-refractivity contribution in [2.75, 3.05) is 33.0 Å². The molecule has 1 aromatic rings. The molecule has 1 fully saturated rings. The molecule has 1 amide bonds. The number of piperazine rings is 1. The van der Waals surface area contributed by atoms with Crippen molar-refractivity contribution < 1.29 is 14.3 Å². The predicted octanol–water partition coefficient (Wildman–Crippen LogP) is 1.86. The third-order valence-corrected chi connectivity index (χ3v) is 4.92. The molecular weight excluding hydrogens is 344 g/mol. The van der Waals surface area contributed by atoms with Gasteiger partial charge in [-0.25, -0.2) is 0 Å². The largest absolute Gasteiger partial charge is 0.454 e. The summed E-state index contributed by atoms with van der Waals surface area (Å²) in [6, 6.07) is 8.13. The van der Waals surface area contributed by atoms with Gasteiger partial charge >= 0.3 is 0 Å². The Bertz CT molecular complexity index is 748. The van der Waals surface area contributed by atoms with Gasteiger partial charge in [0.15, 0.2) is 11.5 Å². The Balaban J connectivity index is 1.52. The fourth-order valence-corrected chi connectivity index (χ4v) is 3.07. The second-order valence-electron chi connectivity index (χ2n) is 6.94. The fraction of sp³-hybridized carbons (Fsp3) is 0.500. The maximum atomic E-state index is 12.2. The number of fused-ring (bicyclic) bond motifs is 1. The first-order valence-electron chi connectivity index (χ1n) is 9.36. The summed E-state index contributed by atoms with van der Waals surface area (Å²) in [7, 11) is 0. The van der Waals surface area contributed by atoms with Crippen LogP contribution in [0.25, 0.3) is 0 Å².